The molecule has 0 fully saturated rings. The molecule has 0 aliphatic heterocycles. The van der Waals surface area contributed by atoms with Gasteiger partial charge in [0.05, 0.1) is 6.54 Å². The second-order valence-electron chi connectivity index (χ2n) is 4.93. The molecule has 1 rings (SSSR count). The van der Waals surface area contributed by atoms with E-state index in [4.69, 9.17) is 0 Å². The molecule has 0 saturated carbocycles. The maximum Gasteiger partial charge on any atom is 0.241 e. The van der Waals surface area contributed by atoms with Gasteiger partial charge in [-0.2, -0.15) is 4.98 Å². The molecule has 1 heterocycles. The summed E-state index contributed by atoms with van der Waals surface area (Å²) in [5.41, 5.74) is 0.973. The lowest BCUT2D eigenvalue weighted by atomic mass is 10.3. The van der Waals surface area contributed by atoms with Crippen LogP contribution in [0.1, 0.15) is 25.8 Å². The lowest BCUT2D eigenvalue weighted by Gasteiger charge is -2.24. The van der Waals surface area contributed by atoms with Crippen LogP contribution in [0.5, 0.6) is 0 Å². The molecule has 0 saturated heterocycles. The van der Waals surface area contributed by atoms with Crippen molar-refractivity contribution in [3.8, 4) is 0 Å². The van der Waals surface area contributed by atoms with E-state index in [0.717, 1.165) is 30.9 Å². The number of hydrogen-bond acceptors (Lipinski definition) is 5. The molecule has 0 unspecified atom stereocenters. The molecule has 6 nitrogen and oxygen atoms in total. The van der Waals surface area contributed by atoms with E-state index in [2.05, 4.69) is 22.2 Å². The molecule has 6 heteroatoms. The first-order valence-corrected chi connectivity index (χ1v) is 7.02. The van der Waals surface area contributed by atoms with Crippen molar-refractivity contribution >= 4 is 17.7 Å². The highest BCUT2D eigenvalue weighted by Gasteiger charge is 2.15. The van der Waals surface area contributed by atoms with Gasteiger partial charge in [-0.3, -0.25) is 4.79 Å². The van der Waals surface area contributed by atoms with Crippen molar-refractivity contribution in [1.82, 2.24) is 14.9 Å². The lowest BCUT2D eigenvalue weighted by Crippen LogP contribution is -2.37. The van der Waals surface area contributed by atoms with Crippen molar-refractivity contribution in [2.24, 2.45) is 0 Å². The third kappa shape index (κ3) is 4.36. The number of rotatable bonds is 7. The van der Waals surface area contributed by atoms with Crippen LogP contribution in [0.4, 0.5) is 11.8 Å². The largest absolute Gasteiger partial charge is 0.354 e. The number of carbonyl (C=O) groups is 1. The van der Waals surface area contributed by atoms with Gasteiger partial charge in [0.2, 0.25) is 11.9 Å². The third-order valence-corrected chi connectivity index (χ3v) is 2.98. The minimum absolute atomic E-state index is 0.0629. The average molecular weight is 279 g/mol. The van der Waals surface area contributed by atoms with Crippen molar-refractivity contribution in [2.75, 3.05) is 43.9 Å². The molecule has 1 amide bonds. The van der Waals surface area contributed by atoms with Crippen molar-refractivity contribution in [3.63, 3.8) is 0 Å². The zero-order valence-electron chi connectivity index (χ0n) is 13.1. The first-order valence-electron chi connectivity index (χ1n) is 7.02. The number of anilines is 2. The Morgan fingerprint density at radius 3 is 2.60 bits per heavy atom. The highest BCUT2D eigenvalue weighted by Crippen LogP contribution is 2.17. The van der Waals surface area contributed by atoms with Gasteiger partial charge in [0.1, 0.15) is 5.82 Å². The van der Waals surface area contributed by atoms with Gasteiger partial charge in [-0.1, -0.05) is 6.92 Å². The van der Waals surface area contributed by atoms with E-state index in [1.165, 1.54) is 0 Å². The summed E-state index contributed by atoms with van der Waals surface area (Å²) in [6, 6.07) is 0. The monoisotopic (exact) mass is 279 g/mol. The summed E-state index contributed by atoms with van der Waals surface area (Å²) in [5.74, 6) is 1.49. The van der Waals surface area contributed by atoms with E-state index in [0.29, 0.717) is 12.5 Å². The highest BCUT2D eigenvalue weighted by atomic mass is 16.2. The molecule has 0 spiro atoms. The zero-order valence-corrected chi connectivity index (χ0v) is 13.1. The van der Waals surface area contributed by atoms with Crippen LogP contribution in [0.15, 0.2) is 6.20 Å². The number of aromatic nitrogens is 2. The average Bonchev–Trinajstić information content (AvgIpc) is 2.43. The molecule has 112 valence electrons. The van der Waals surface area contributed by atoms with Gasteiger partial charge in [-0.05, 0) is 20.3 Å². The topological polar surface area (TPSA) is 61.4 Å². The summed E-state index contributed by atoms with van der Waals surface area (Å²) < 4.78 is 0. The normalized spacial score (nSPS) is 10.2. The molecule has 1 aromatic rings. The quantitative estimate of drug-likeness (QED) is 0.820. The second-order valence-corrected chi connectivity index (χ2v) is 4.93. The van der Waals surface area contributed by atoms with Crippen molar-refractivity contribution < 1.29 is 4.79 Å². The molecule has 0 atom stereocenters. The van der Waals surface area contributed by atoms with Gasteiger partial charge in [0, 0.05) is 38.9 Å². The van der Waals surface area contributed by atoms with Crippen LogP contribution >= 0.6 is 0 Å². The molecule has 0 bridgehead atoms. The molecule has 1 N–H and O–H groups in total. The summed E-state index contributed by atoms with van der Waals surface area (Å²) >= 11 is 0. The van der Waals surface area contributed by atoms with Crippen LogP contribution in [0.2, 0.25) is 0 Å². The number of carbonyl (C=O) groups excluding carboxylic acids is 1. The van der Waals surface area contributed by atoms with Gasteiger partial charge in [-0.25, -0.2) is 4.98 Å². The Morgan fingerprint density at radius 1 is 1.35 bits per heavy atom. The summed E-state index contributed by atoms with van der Waals surface area (Å²) in [6.07, 6.45) is 2.81. The van der Waals surface area contributed by atoms with Gasteiger partial charge in [0.25, 0.3) is 0 Å². The first-order chi connectivity index (χ1) is 9.49. The Morgan fingerprint density at radius 2 is 2.05 bits per heavy atom. The first kappa shape index (κ1) is 16.2. The number of nitrogens with zero attached hydrogens (tertiary/aromatic N) is 4. The number of likely N-dealkylation sites (N-methyl/N-ethyl adjacent to an activating group) is 2. The Labute approximate surface area is 121 Å². The molecular formula is C14H25N5O. The predicted octanol–water partition coefficient (Wildman–Crippen LogP) is 1.52. The molecule has 0 aliphatic rings. The van der Waals surface area contributed by atoms with Crippen LogP contribution in [-0.4, -0.2) is 54.5 Å². The van der Waals surface area contributed by atoms with Gasteiger partial charge < -0.3 is 15.1 Å². The van der Waals surface area contributed by atoms with Crippen LogP contribution in [0.25, 0.3) is 0 Å². The number of amides is 1. The Balaban J connectivity index is 2.92. The molecule has 0 radical (unpaired) electrons. The van der Waals surface area contributed by atoms with Crippen molar-refractivity contribution in [2.45, 2.75) is 27.2 Å². The van der Waals surface area contributed by atoms with Crippen LogP contribution in [0.3, 0.4) is 0 Å². The molecule has 1 aromatic heterocycles. The van der Waals surface area contributed by atoms with Gasteiger partial charge >= 0.3 is 0 Å². The number of hydrogen-bond donors (Lipinski definition) is 1. The van der Waals surface area contributed by atoms with Crippen LogP contribution < -0.4 is 10.2 Å². The van der Waals surface area contributed by atoms with E-state index < -0.39 is 0 Å². The summed E-state index contributed by atoms with van der Waals surface area (Å²) in [6.45, 7) is 7.96. The highest BCUT2D eigenvalue weighted by molar-refractivity contribution is 5.80. The zero-order chi connectivity index (χ0) is 15.1. The second kappa shape index (κ2) is 7.67. The fourth-order valence-corrected chi connectivity index (χ4v) is 1.72. The standard InChI is InChI=1S/C14H25N5O/c1-6-8-15-14-16-9-11(3)13(17-14)19(7-2)10-12(20)18(4)5/h9H,6-8,10H2,1-5H3,(H,15,16,17). The molecule has 20 heavy (non-hydrogen) atoms. The van der Waals surface area contributed by atoms with Crippen molar-refractivity contribution in [1.29, 1.82) is 0 Å². The predicted molar refractivity (Wildman–Crippen MR) is 82.1 cm³/mol. The summed E-state index contributed by atoms with van der Waals surface area (Å²) in [5, 5.41) is 3.17. The van der Waals surface area contributed by atoms with Crippen molar-refractivity contribution in [3.05, 3.63) is 11.8 Å². The molecular weight excluding hydrogens is 254 g/mol. The number of nitrogens with one attached hydrogen (secondary N) is 1. The Hall–Kier alpha value is -1.85. The van der Waals surface area contributed by atoms with E-state index in [1.807, 2.05) is 18.7 Å². The SMILES string of the molecule is CCCNc1ncc(C)c(N(CC)CC(=O)N(C)C)n1. The van der Waals surface area contributed by atoms with E-state index in [1.54, 1.807) is 25.2 Å². The Bertz CT molecular complexity index is 447. The molecule has 0 aromatic carbocycles. The van der Waals surface area contributed by atoms with Crippen LogP contribution in [0, 0.1) is 6.92 Å². The summed E-state index contributed by atoms with van der Waals surface area (Å²) in [4.78, 5) is 24.2. The minimum atomic E-state index is 0.0629. The van der Waals surface area contributed by atoms with E-state index in [9.17, 15) is 4.79 Å². The third-order valence-electron chi connectivity index (χ3n) is 2.98. The fourth-order valence-electron chi connectivity index (χ4n) is 1.72. The molecule has 0 aliphatic carbocycles. The van der Waals surface area contributed by atoms with E-state index in [-0.39, 0.29) is 5.91 Å². The number of aryl methyl sites for hydroxylation is 1. The summed E-state index contributed by atoms with van der Waals surface area (Å²) in [7, 11) is 3.52. The Kier molecular flexibility index (Phi) is 6.21. The van der Waals surface area contributed by atoms with Crippen LogP contribution in [-0.2, 0) is 4.79 Å². The maximum absolute atomic E-state index is 11.9. The lowest BCUT2D eigenvalue weighted by molar-refractivity contribution is -0.127. The van der Waals surface area contributed by atoms with Gasteiger partial charge in [-0.15, -0.1) is 0 Å². The van der Waals surface area contributed by atoms with Gasteiger partial charge in [0.15, 0.2) is 0 Å². The van der Waals surface area contributed by atoms with E-state index >= 15 is 0 Å². The maximum atomic E-state index is 11.9. The fraction of sp³-hybridized carbons (Fsp3) is 0.643. The smallest absolute Gasteiger partial charge is 0.241 e. The minimum Gasteiger partial charge on any atom is -0.354 e.